The molecule has 1 unspecified atom stereocenters. The average molecular weight is 225 g/mol. The van der Waals surface area contributed by atoms with Crippen LogP contribution in [-0.4, -0.2) is 32.0 Å². The number of benzene rings is 1. The molecule has 0 fully saturated rings. The van der Waals surface area contributed by atoms with Crippen molar-refractivity contribution < 1.29 is 14.6 Å². The number of methoxy groups -OCH3 is 1. The van der Waals surface area contributed by atoms with E-state index in [-0.39, 0.29) is 6.61 Å². The molecule has 0 aliphatic heterocycles. The first-order valence-corrected chi connectivity index (χ1v) is 5.31. The van der Waals surface area contributed by atoms with Gasteiger partial charge in [0.2, 0.25) is 0 Å². The molecule has 0 amide bonds. The molecule has 3 N–H and O–H groups in total. The van der Waals surface area contributed by atoms with E-state index >= 15 is 0 Å². The van der Waals surface area contributed by atoms with Gasteiger partial charge in [0.05, 0.1) is 19.8 Å². The molecule has 16 heavy (non-hydrogen) atoms. The Balaban J connectivity index is 2.37. The van der Waals surface area contributed by atoms with E-state index in [0.717, 1.165) is 11.1 Å². The highest BCUT2D eigenvalue weighted by atomic mass is 16.5. The number of hydrogen-bond acceptors (Lipinski definition) is 4. The highest BCUT2D eigenvalue weighted by Crippen LogP contribution is 2.13. The zero-order valence-corrected chi connectivity index (χ0v) is 9.56. The fourth-order valence-electron chi connectivity index (χ4n) is 1.31. The molecule has 1 rings (SSSR count). The van der Waals surface area contributed by atoms with Gasteiger partial charge >= 0.3 is 0 Å². The Morgan fingerprint density at radius 3 is 2.50 bits per heavy atom. The second-order valence-corrected chi connectivity index (χ2v) is 3.53. The van der Waals surface area contributed by atoms with Gasteiger partial charge in [0, 0.05) is 13.7 Å². The summed E-state index contributed by atoms with van der Waals surface area (Å²) in [6.45, 7) is 1.83. The first kappa shape index (κ1) is 13.1. The molecular weight excluding hydrogens is 206 g/mol. The van der Waals surface area contributed by atoms with Gasteiger partial charge in [-0.1, -0.05) is 24.3 Å². The fourth-order valence-corrected chi connectivity index (χ4v) is 1.31. The van der Waals surface area contributed by atoms with Gasteiger partial charge in [-0.2, -0.15) is 0 Å². The maximum atomic E-state index is 9.79. The molecule has 1 aromatic rings. The highest BCUT2D eigenvalue weighted by molar-refractivity contribution is 5.23. The maximum Gasteiger partial charge on any atom is 0.102 e. The number of aliphatic hydroxyl groups excluding tert-OH is 1. The Hall–Kier alpha value is -0.940. The summed E-state index contributed by atoms with van der Waals surface area (Å²) in [5.74, 6) is 0. The quantitative estimate of drug-likeness (QED) is 0.675. The molecule has 0 spiro atoms. The summed E-state index contributed by atoms with van der Waals surface area (Å²) in [4.78, 5) is 0. The van der Waals surface area contributed by atoms with Crippen LogP contribution in [0, 0.1) is 0 Å². The lowest BCUT2D eigenvalue weighted by atomic mass is 10.1. The zero-order chi connectivity index (χ0) is 11.8. The predicted octanol–water partition coefficient (Wildman–Crippen LogP) is 0.842. The smallest absolute Gasteiger partial charge is 0.102 e. The first-order chi connectivity index (χ1) is 7.77. The van der Waals surface area contributed by atoms with Gasteiger partial charge in [-0.05, 0) is 11.1 Å². The molecule has 0 saturated carbocycles. The van der Waals surface area contributed by atoms with Gasteiger partial charge in [-0.3, -0.25) is 0 Å². The lowest BCUT2D eigenvalue weighted by molar-refractivity contribution is 0.0126. The van der Waals surface area contributed by atoms with Crippen molar-refractivity contribution in [3.8, 4) is 0 Å². The minimum Gasteiger partial charge on any atom is -0.386 e. The minimum atomic E-state index is -0.594. The minimum absolute atomic E-state index is 0.283. The summed E-state index contributed by atoms with van der Waals surface area (Å²) >= 11 is 0. The van der Waals surface area contributed by atoms with Crippen molar-refractivity contribution >= 4 is 0 Å². The van der Waals surface area contributed by atoms with Crippen molar-refractivity contribution in [2.75, 3.05) is 26.9 Å². The van der Waals surface area contributed by atoms with Crippen LogP contribution in [0.1, 0.15) is 17.2 Å². The number of aliphatic hydroxyl groups is 1. The molecule has 0 aromatic heterocycles. The summed E-state index contributed by atoms with van der Waals surface area (Å²) in [5.41, 5.74) is 7.38. The van der Waals surface area contributed by atoms with Crippen LogP contribution in [0.4, 0.5) is 0 Å². The molecular formula is C12H19NO3. The monoisotopic (exact) mass is 225 g/mol. The molecule has 0 heterocycles. The van der Waals surface area contributed by atoms with E-state index in [9.17, 15) is 5.11 Å². The summed E-state index contributed by atoms with van der Waals surface area (Å²) in [5, 5.41) is 9.79. The van der Waals surface area contributed by atoms with Crippen LogP contribution in [0.15, 0.2) is 24.3 Å². The second kappa shape index (κ2) is 7.35. The molecule has 4 heteroatoms. The number of hydrogen-bond donors (Lipinski definition) is 2. The first-order valence-electron chi connectivity index (χ1n) is 5.31. The van der Waals surface area contributed by atoms with Crippen LogP contribution in [0.5, 0.6) is 0 Å². The molecule has 1 atom stereocenters. The van der Waals surface area contributed by atoms with Gasteiger partial charge in [-0.15, -0.1) is 0 Å². The molecule has 0 aliphatic carbocycles. The van der Waals surface area contributed by atoms with E-state index in [0.29, 0.717) is 19.8 Å². The van der Waals surface area contributed by atoms with Gasteiger partial charge in [0.1, 0.15) is 6.10 Å². The maximum absolute atomic E-state index is 9.79. The number of nitrogens with two attached hydrogens (primary N) is 1. The topological polar surface area (TPSA) is 64.7 Å². The van der Waals surface area contributed by atoms with Crippen LogP contribution in [0.25, 0.3) is 0 Å². The molecule has 1 aromatic carbocycles. The van der Waals surface area contributed by atoms with Crippen molar-refractivity contribution in [3.05, 3.63) is 35.4 Å². The Kier molecular flexibility index (Phi) is 6.03. The van der Waals surface area contributed by atoms with E-state index in [1.165, 1.54) is 0 Å². The average Bonchev–Trinajstić information content (AvgIpc) is 2.34. The van der Waals surface area contributed by atoms with Crippen molar-refractivity contribution in [3.63, 3.8) is 0 Å². The summed E-state index contributed by atoms with van der Waals surface area (Å²) in [6, 6.07) is 7.56. The van der Waals surface area contributed by atoms with E-state index in [1.807, 2.05) is 24.3 Å². The van der Waals surface area contributed by atoms with E-state index in [1.54, 1.807) is 7.11 Å². The van der Waals surface area contributed by atoms with Crippen LogP contribution < -0.4 is 5.73 Å². The summed E-state index contributed by atoms with van der Waals surface area (Å²) < 4.78 is 10.1. The third-order valence-electron chi connectivity index (χ3n) is 2.31. The number of ether oxygens (including phenoxy) is 2. The Morgan fingerprint density at radius 2 is 1.94 bits per heavy atom. The van der Waals surface area contributed by atoms with Crippen molar-refractivity contribution in [1.29, 1.82) is 0 Å². The van der Waals surface area contributed by atoms with E-state index in [2.05, 4.69) is 0 Å². The van der Waals surface area contributed by atoms with Crippen LogP contribution in [0.2, 0.25) is 0 Å². The number of rotatable bonds is 7. The zero-order valence-electron chi connectivity index (χ0n) is 9.56. The van der Waals surface area contributed by atoms with E-state index < -0.39 is 6.10 Å². The standard InChI is InChI=1S/C12H19NO3/c1-15-6-7-16-9-12(14)11-4-2-10(8-13)3-5-11/h2-5,12,14H,6-9,13H2,1H3. The molecule has 0 aliphatic rings. The van der Waals surface area contributed by atoms with Crippen LogP contribution >= 0.6 is 0 Å². The fraction of sp³-hybridized carbons (Fsp3) is 0.500. The molecule has 0 bridgehead atoms. The lowest BCUT2D eigenvalue weighted by Gasteiger charge is -2.11. The van der Waals surface area contributed by atoms with Gasteiger partial charge < -0.3 is 20.3 Å². The predicted molar refractivity (Wildman–Crippen MR) is 62.0 cm³/mol. The molecule has 0 saturated heterocycles. The Morgan fingerprint density at radius 1 is 1.25 bits per heavy atom. The lowest BCUT2D eigenvalue weighted by Crippen LogP contribution is -2.10. The van der Waals surface area contributed by atoms with Crippen molar-refractivity contribution in [1.82, 2.24) is 0 Å². The van der Waals surface area contributed by atoms with Gasteiger partial charge in [-0.25, -0.2) is 0 Å². The Labute approximate surface area is 96.0 Å². The largest absolute Gasteiger partial charge is 0.386 e. The second-order valence-electron chi connectivity index (χ2n) is 3.53. The third kappa shape index (κ3) is 4.28. The van der Waals surface area contributed by atoms with Gasteiger partial charge in [0.25, 0.3) is 0 Å². The van der Waals surface area contributed by atoms with E-state index in [4.69, 9.17) is 15.2 Å². The highest BCUT2D eigenvalue weighted by Gasteiger charge is 2.06. The molecule has 4 nitrogen and oxygen atoms in total. The SMILES string of the molecule is COCCOCC(O)c1ccc(CN)cc1. The van der Waals surface area contributed by atoms with Crippen LogP contribution in [0.3, 0.4) is 0 Å². The van der Waals surface area contributed by atoms with Gasteiger partial charge in [0.15, 0.2) is 0 Å². The Bertz CT molecular complexity index is 287. The summed E-state index contributed by atoms with van der Waals surface area (Å²) in [6.07, 6.45) is -0.594. The third-order valence-corrected chi connectivity index (χ3v) is 2.31. The molecule has 90 valence electrons. The summed E-state index contributed by atoms with van der Waals surface area (Å²) in [7, 11) is 1.62. The van der Waals surface area contributed by atoms with Crippen molar-refractivity contribution in [2.45, 2.75) is 12.6 Å². The van der Waals surface area contributed by atoms with Crippen molar-refractivity contribution in [2.24, 2.45) is 5.73 Å². The normalized spacial score (nSPS) is 12.7. The van der Waals surface area contributed by atoms with Crippen LogP contribution in [-0.2, 0) is 16.0 Å². The molecule has 0 radical (unpaired) electrons.